The summed E-state index contributed by atoms with van der Waals surface area (Å²) in [4.78, 5) is 11.3. The molecule has 1 aromatic rings. The summed E-state index contributed by atoms with van der Waals surface area (Å²) in [6, 6.07) is 4.92. The van der Waals surface area contributed by atoms with Crippen molar-refractivity contribution in [2.24, 2.45) is 5.41 Å². The molecular weight excluding hydrogens is 270 g/mol. The molecule has 0 fully saturated rings. The lowest BCUT2D eigenvalue weighted by molar-refractivity contribution is -0.138. The standard InChI is InChI=1S/C16H22NO4/c1-16(2,3)7-6-12(15(18)19)17-9-11-4-5-13-14(8-11)21-10-20-13/h4-5,8,12H,6-7,9-10H2,1-3H3,(H,18,19)/q-1. The third-order valence-corrected chi connectivity index (χ3v) is 3.38. The molecule has 0 radical (unpaired) electrons. The van der Waals surface area contributed by atoms with Gasteiger partial charge in [-0.2, -0.15) is 0 Å². The van der Waals surface area contributed by atoms with Crippen LogP contribution in [0.25, 0.3) is 5.32 Å². The Hall–Kier alpha value is -1.75. The Morgan fingerprint density at radius 1 is 1.33 bits per heavy atom. The number of hydrogen-bond acceptors (Lipinski definition) is 3. The van der Waals surface area contributed by atoms with Crippen LogP contribution in [0.1, 0.15) is 39.2 Å². The number of rotatable bonds is 6. The number of benzene rings is 1. The van der Waals surface area contributed by atoms with Gasteiger partial charge in [-0.05, 0) is 30.0 Å². The van der Waals surface area contributed by atoms with Crippen molar-refractivity contribution in [2.45, 2.75) is 46.2 Å². The molecule has 116 valence electrons. The maximum Gasteiger partial charge on any atom is 0.285 e. The van der Waals surface area contributed by atoms with E-state index in [-0.39, 0.29) is 12.2 Å². The largest absolute Gasteiger partial charge is 0.646 e. The van der Waals surface area contributed by atoms with E-state index in [4.69, 9.17) is 9.47 Å². The van der Waals surface area contributed by atoms with Crippen LogP contribution in [-0.4, -0.2) is 23.9 Å². The number of carbonyl (C=O) groups is 1. The van der Waals surface area contributed by atoms with Gasteiger partial charge in [0.25, 0.3) is 5.97 Å². The fourth-order valence-corrected chi connectivity index (χ4v) is 2.12. The SMILES string of the molecule is CC(C)(C)CCC([N-]Cc1ccc2c(c1)OCO2)C(=O)O. The summed E-state index contributed by atoms with van der Waals surface area (Å²) >= 11 is 0. The van der Waals surface area contributed by atoms with Gasteiger partial charge in [0.05, 0.1) is 0 Å². The topological polar surface area (TPSA) is 69.9 Å². The van der Waals surface area contributed by atoms with E-state index >= 15 is 0 Å². The lowest BCUT2D eigenvalue weighted by Gasteiger charge is -2.30. The molecule has 0 aromatic heterocycles. The maximum atomic E-state index is 11.3. The Kier molecular flexibility index (Phi) is 4.73. The van der Waals surface area contributed by atoms with E-state index in [9.17, 15) is 9.90 Å². The van der Waals surface area contributed by atoms with Gasteiger partial charge in [0, 0.05) is 0 Å². The second-order valence-corrected chi connectivity index (χ2v) is 6.48. The lowest BCUT2D eigenvalue weighted by Crippen LogP contribution is -2.22. The first-order valence-corrected chi connectivity index (χ1v) is 7.13. The quantitative estimate of drug-likeness (QED) is 0.870. The highest BCUT2D eigenvalue weighted by atomic mass is 16.7. The Labute approximate surface area is 125 Å². The second-order valence-electron chi connectivity index (χ2n) is 6.48. The fourth-order valence-electron chi connectivity index (χ4n) is 2.12. The molecule has 0 amide bonds. The smallest absolute Gasteiger partial charge is 0.285 e. The molecule has 0 saturated carbocycles. The minimum Gasteiger partial charge on any atom is -0.646 e. The first-order valence-electron chi connectivity index (χ1n) is 7.13. The lowest BCUT2D eigenvalue weighted by atomic mass is 9.88. The predicted molar refractivity (Wildman–Crippen MR) is 79.7 cm³/mol. The summed E-state index contributed by atoms with van der Waals surface area (Å²) in [6.45, 7) is 6.91. The summed E-state index contributed by atoms with van der Waals surface area (Å²) in [5.41, 5.74) is 1.04. The third-order valence-electron chi connectivity index (χ3n) is 3.38. The van der Waals surface area contributed by atoms with Crippen LogP contribution in [0.3, 0.4) is 0 Å². The van der Waals surface area contributed by atoms with Crippen LogP contribution in [0.2, 0.25) is 0 Å². The van der Waals surface area contributed by atoms with Crippen molar-refractivity contribution in [3.05, 3.63) is 29.1 Å². The van der Waals surface area contributed by atoms with Crippen molar-refractivity contribution in [3.8, 4) is 11.5 Å². The summed E-state index contributed by atoms with van der Waals surface area (Å²) < 4.78 is 10.6. The number of ether oxygens (including phenoxy) is 2. The van der Waals surface area contributed by atoms with Gasteiger partial charge in [-0.1, -0.05) is 38.8 Å². The molecule has 0 bridgehead atoms. The van der Waals surface area contributed by atoms with Crippen molar-refractivity contribution in [1.29, 1.82) is 0 Å². The maximum absolute atomic E-state index is 11.3. The molecule has 1 aromatic carbocycles. The molecule has 1 aliphatic heterocycles. The summed E-state index contributed by atoms with van der Waals surface area (Å²) in [5.74, 6) is 0.561. The van der Waals surface area contributed by atoms with Crippen LogP contribution in [0.4, 0.5) is 0 Å². The van der Waals surface area contributed by atoms with Gasteiger partial charge in [-0.25, -0.2) is 0 Å². The molecule has 5 nitrogen and oxygen atoms in total. The highest BCUT2D eigenvalue weighted by Gasteiger charge is 2.15. The molecule has 1 N–H and O–H groups in total. The number of carboxylic acids is 1. The van der Waals surface area contributed by atoms with Gasteiger partial charge in [0.2, 0.25) is 6.79 Å². The highest BCUT2D eigenvalue weighted by Crippen LogP contribution is 2.33. The fraction of sp³-hybridized carbons (Fsp3) is 0.562. The second kappa shape index (κ2) is 6.35. The normalized spacial score (nSPS) is 15.0. The molecule has 1 atom stereocenters. The first kappa shape index (κ1) is 15.6. The van der Waals surface area contributed by atoms with Gasteiger partial charge < -0.3 is 19.9 Å². The van der Waals surface area contributed by atoms with Crippen LogP contribution in [0.15, 0.2) is 18.2 Å². The molecule has 0 spiro atoms. The van der Waals surface area contributed by atoms with Crippen molar-refractivity contribution in [2.75, 3.05) is 6.79 Å². The van der Waals surface area contributed by atoms with Crippen LogP contribution >= 0.6 is 0 Å². The minimum absolute atomic E-state index is 0.113. The number of fused-ring (bicyclic) bond motifs is 1. The number of aliphatic carboxylic acids is 1. The molecule has 2 rings (SSSR count). The molecule has 1 unspecified atom stereocenters. The van der Waals surface area contributed by atoms with E-state index in [2.05, 4.69) is 26.1 Å². The van der Waals surface area contributed by atoms with Gasteiger partial charge in [0.1, 0.15) is 0 Å². The summed E-state index contributed by atoms with van der Waals surface area (Å²) in [7, 11) is 0. The minimum atomic E-state index is -0.861. The first-order chi connectivity index (χ1) is 9.85. The summed E-state index contributed by atoms with van der Waals surface area (Å²) in [6.07, 6.45) is 1.39. The molecule has 1 heterocycles. The van der Waals surface area contributed by atoms with Crippen LogP contribution in [0, 0.1) is 5.41 Å². The van der Waals surface area contributed by atoms with Crippen LogP contribution < -0.4 is 9.47 Å². The number of carboxylic acid groups (broad SMARTS) is 1. The molecule has 21 heavy (non-hydrogen) atoms. The predicted octanol–water partition coefficient (Wildman–Crippen LogP) is 3.57. The van der Waals surface area contributed by atoms with E-state index in [1.54, 1.807) is 0 Å². The summed E-state index contributed by atoms with van der Waals surface area (Å²) in [5, 5.41) is 13.6. The van der Waals surface area contributed by atoms with Crippen molar-refractivity contribution < 1.29 is 19.4 Å². The zero-order valence-electron chi connectivity index (χ0n) is 12.8. The van der Waals surface area contributed by atoms with E-state index in [0.717, 1.165) is 17.7 Å². The van der Waals surface area contributed by atoms with E-state index in [1.165, 1.54) is 0 Å². The van der Waals surface area contributed by atoms with Gasteiger partial charge >= 0.3 is 0 Å². The van der Waals surface area contributed by atoms with Crippen molar-refractivity contribution in [3.63, 3.8) is 0 Å². The Morgan fingerprint density at radius 2 is 2.05 bits per heavy atom. The Balaban J connectivity index is 1.91. The number of nitrogens with zero attached hydrogens (tertiary/aromatic N) is 1. The average molecular weight is 292 g/mol. The highest BCUT2D eigenvalue weighted by molar-refractivity contribution is 5.76. The van der Waals surface area contributed by atoms with Crippen LogP contribution in [0.5, 0.6) is 11.5 Å². The molecule has 0 saturated heterocycles. The molecule has 5 heteroatoms. The molecule has 0 aliphatic carbocycles. The van der Waals surface area contributed by atoms with E-state index < -0.39 is 12.0 Å². The zero-order valence-corrected chi connectivity index (χ0v) is 12.8. The Bertz CT molecular complexity index is 507. The average Bonchev–Trinajstić information content (AvgIpc) is 2.84. The number of hydrogen-bond donors (Lipinski definition) is 1. The third kappa shape index (κ3) is 4.63. The van der Waals surface area contributed by atoms with Gasteiger partial charge in [-0.3, -0.25) is 4.79 Å². The van der Waals surface area contributed by atoms with E-state index in [1.807, 2.05) is 18.2 Å². The monoisotopic (exact) mass is 292 g/mol. The van der Waals surface area contributed by atoms with E-state index in [0.29, 0.717) is 18.7 Å². The van der Waals surface area contributed by atoms with Gasteiger partial charge in [-0.15, -0.1) is 6.54 Å². The Morgan fingerprint density at radius 3 is 2.71 bits per heavy atom. The molecule has 1 aliphatic rings. The van der Waals surface area contributed by atoms with Crippen LogP contribution in [-0.2, 0) is 11.3 Å². The zero-order chi connectivity index (χ0) is 15.5. The molecular formula is C16H22NO4-. The van der Waals surface area contributed by atoms with Gasteiger partial charge in [0.15, 0.2) is 11.5 Å². The van der Waals surface area contributed by atoms with Crippen molar-refractivity contribution >= 4 is 5.97 Å². The van der Waals surface area contributed by atoms with Crippen molar-refractivity contribution in [1.82, 2.24) is 0 Å².